The van der Waals surface area contributed by atoms with Gasteiger partial charge in [0, 0.05) is 13.1 Å². The third-order valence-electron chi connectivity index (χ3n) is 3.99. The van der Waals surface area contributed by atoms with Crippen molar-refractivity contribution in [3.8, 4) is 5.75 Å². The van der Waals surface area contributed by atoms with Crippen molar-refractivity contribution in [2.24, 2.45) is 5.41 Å². The maximum Gasteiger partial charge on any atom is 0.119 e. The molecule has 1 aliphatic carbocycles. The first-order valence-corrected chi connectivity index (χ1v) is 7.54. The standard InChI is InChI=1S/C17H27NO/c1-14(2)19-16-8-6-15(7-9-16)12-18-13-17(3)10-4-5-11-17/h6-9,14,18H,4-5,10-13H2,1-3H3. The van der Waals surface area contributed by atoms with Gasteiger partial charge >= 0.3 is 0 Å². The van der Waals surface area contributed by atoms with Gasteiger partial charge in [0.2, 0.25) is 0 Å². The summed E-state index contributed by atoms with van der Waals surface area (Å²) in [6.07, 6.45) is 5.80. The molecule has 1 aromatic carbocycles. The molecule has 0 spiro atoms. The molecule has 2 heteroatoms. The Hall–Kier alpha value is -1.02. The lowest BCUT2D eigenvalue weighted by molar-refractivity contribution is 0.242. The lowest BCUT2D eigenvalue weighted by atomic mass is 9.89. The van der Waals surface area contributed by atoms with E-state index in [0.29, 0.717) is 5.41 Å². The summed E-state index contributed by atoms with van der Waals surface area (Å²) < 4.78 is 5.65. The lowest BCUT2D eigenvalue weighted by Crippen LogP contribution is -2.29. The molecule has 1 aromatic rings. The number of rotatable bonds is 6. The van der Waals surface area contributed by atoms with E-state index in [9.17, 15) is 0 Å². The molecule has 1 fully saturated rings. The molecule has 0 aromatic heterocycles. The van der Waals surface area contributed by atoms with Crippen molar-refractivity contribution in [2.75, 3.05) is 6.54 Å². The number of hydrogen-bond donors (Lipinski definition) is 1. The molecule has 0 heterocycles. The fraction of sp³-hybridized carbons (Fsp3) is 0.647. The first kappa shape index (κ1) is 14.4. The van der Waals surface area contributed by atoms with Crippen molar-refractivity contribution >= 4 is 0 Å². The smallest absolute Gasteiger partial charge is 0.119 e. The van der Waals surface area contributed by atoms with Crippen LogP contribution in [0.5, 0.6) is 5.75 Å². The van der Waals surface area contributed by atoms with Gasteiger partial charge in [-0.2, -0.15) is 0 Å². The van der Waals surface area contributed by atoms with Gasteiger partial charge in [-0.15, -0.1) is 0 Å². The maximum atomic E-state index is 5.65. The van der Waals surface area contributed by atoms with E-state index in [0.717, 1.165) is 18.8 Å². The molecule has 2 nitrogen and oxygen atoms in total. The topological polar surface area (TPSA) is 21.3 Å². The molecule has 19 heavy (non-hydrogen) atoms. The van der Waals surface area contributed by atoms with Gasteiger partial charge in [-0.1, -0.05) is 31.9 Å². The summed E-state index contributed by atoms with van der Waals surface area (Å²) in [6.45, 7) is 8.61. The Balaban J connectivity index is 1.76. The van der Waals surface area contributed by atoms with Crippen molar-refractivity contribution in [3.63, 3.8) is 0 Å². The zero-order chi connectivity index (χ0) is 13.7. The minimum Gasteiger partial charge on any atom is -0.491 e. The zero-order valence-electron chi connectivity index (χ0n) is 12.5. The molecule has 106 valence electrons. The fourth-order valence-corrected chi connectivity index (χ4v) is 2.87. The fourth-order valence-electron chi connectivity index (χ4n) is 2.87. The van der Waals surface area contributed by atoms with Crippen LogP contribution in [0.2, 0.25) is 0 Å². The van der Waals surface area contributed by atoms with Crippen LogP contribution in [0, 0.1) is 5.41 Å². The van der Waals surface area contributed by atoms with E-state index in [1.165, 1.54) is 31.2 Å². The molecule has 0 atom stereocenters. The van der Waals surface area contributed by atoms with Crippen molar-refractivity contribution in [1.82, 2.24) is 5.32 Å². The second kappa shape index (κ2) is 6.42. The molecular formula is C17H27NO. The van der Waals surface area contributed by atoms with E-state index < -0.39 is 0 Å². The van der Waals surface area contributed by atoms with Crippen LogP contribution in [0.25, 0.3) is 0 Å². The average molecular weight is 261 g/mol. The van der Waals surface area contributed by atoms with Crippen LogP contribution in [-0.2, 0) is 6.54 Å². The Morgan fingerprint density at radius 1 is 1.16 bits per heavy atom. The Labute approximate surface area is 117 Å². The van der Waals surface area contributed by atoms with Crippen molar-refractivity contribution in [1.29, 1.82) is 0 Å². The maximum absolute atomic E-state index is 5.65. The summed E-state index contributed by atoms with van der Waals surface area (Å²) in [6, 6.07) is 8.44. The first-order valence-electron chi connectivity index (χ1n) is 7.54. The Morgan fingerprint density at radius 2 is 1.79 bits per heavy atom. The van der Waals surface area contributed by atoms with E-state index in [1.807, 2.05) is 0 Å². The van der Waals surface area contributed by atoms with Gasteiger partial charge in [0.15, 0.2) is 0 Å². The van der Waals surface area contributed by atoms with Crippen LogP contribution in [0.3, 0.4) is 0 Å². The number of benzene rings is 1. The normalized spacial score (nSPS) is 17.9. The largest absolute Gasteiger partial charge is 0.491 e. The van der Waals surface area contributed by atoms with E-state index in [2.05, 4.69) is 50.4 Å². The Bertz CT molecular complexity index is 377. The molecular weight excluding hydrogens is 234 g/mol. The number of nitrogens with one attached hydrogen (secondary N) is 1. The SMILES string of the molecule is CC(C)Oc1ccc(CNCC2(C)CCCC2)cc1. The first-order chi connectivity index (χ1) is 9.07. The average Bonchev–Trinajstić information content (AvgIpc) is 2.78. The van der Waals surface area contributed by atoms with Crippen LogP contribution in [0.15, 0.2) is 24.3 Å². The second-order valence-corrected chi connectivity index (χ2v) is 6.43. The molecule has 0 aliphatic heterocycles. The van der Waals surface area contributed by atoms with Gasteiger partial charge in [0.25, 0.3) is 0 Å². The highest BCUT2D eigenvalue weighted by molar-refractivity contribution is 5.27. The highest BCUT2D eigenvalue weighted by Crippen LogP contribution is 2.36. The van der Waals surface area contributed by atoms with Gasteiger partial charge in [0.05, 0.1) is 6.10 Å². The minimum atomic E-state index is 0.242. The quantitative estimate of drug-likeness (QED) is 0.831. The lowest BCUT2D eigenvalue weighted by Gasteiger charge is -2.23. The van der Waals surface area contributed by atoms with E-state index >= 15 is 0 Å². The number of hydrogen-bond acceptors (Lipinski definition) is 2. The van der Waals surface area contributed by atoms with Crippen molar-refractivity contribution in [3.05, 3.63) is 29.8 Å². The van der Waals surface area contributed by atoms with Gasteiger partial charge < -0.3 is 10.1 Å². The van der Waals surface area contributed by atoms with Crippen LogP contribution in [0.4, 0.5) is 0 Å². The highest BCUT2D eigenvalue weighted by atomic mass is 16.5. The van der Waals surface area contributed by atoms with Gasteiger partial charge in [-0.25, -0.2) is 0 Å². The summed E-state index contributed by atoms with van der Waals surface area (Å²) in [5.74, 6) is 0.960. The predicted molar refractivity (Wildman–Crippen MR) is 80.5 cm³/mol. The van der Waals surface area contributed by atoms with Gasteiger partial charge in [-0.05, 0) is 49.8 Å². The predicted octanol–water partition coefficient (Wildman–Crippen LogP) is 4.14. The molecule has 1 aliphatic rings. The summed E-state index contributed by atoms with van der Waals surface area (Å²) in [7, 11) is 0. The van der Waals surface area contributed by atoms with E-state index in [-0.39, 0.29) is 6.10 Å². The monoisotopic (exact) mass is 261 g/mol. The summed E-state index contributed by atoms with van der Waals surface area (Å²) in [5, 5.41) is 3.60. The minimum absolute atomic E-state index is 0.242. The third-order valence-corrected chi connectivity index (χ3v) is 3.99. The third kappa shape index (κ3) is 4.54. The molecule has 1 N–H and O–H groups in total. The van der Waals surface area contributed by atoms with Crippen LogP contribution in [0.1, 0.15) is 52.0 Å². The summed E-state index contributed by atoms with van der Waals surface area (Å²) in [4.78, 5) is 0. The van der Waals surface area contributed by atoms with Crippen molar-refractivity contribution < 1.29 is 4.74 Å². The summed E-state index contributed by atoms with van der Waals surface area (Å²) >= 11 is 0. The van der Waals surface area contributed by atoms with Crippen LogP contribution in [-0.4, -0.2) is 12.6 Å². The molecule has 0 bridgehead atoms. The second-order valence-electron chi connectivity index (χ2n) is 6.43. The Morgan fingerprint density at radius 3 is 2.37 bits per heavy atom. The molecule has 0 amide bonds. The van der Waals surface area contributed by atoms with Crippen LogP contribution >= 0.6 is 0 Å². The van der Waals surface area contributed by atoms with Crippen molar-refractivity contribution in [2.45, 2.75) is 59.1 Å². The molecule has 2 rings (SSSR count). The van der Waals surface area contributed by atoms with Crippen LogP contribution < -0.4 is 10.1 Å². The number of ether oxygens (including phenoxy) is 1. The molecule has 0 unspecified atom stereocenters. The molecule has 0 saturated heterocycles. The molecule has 1 saturated carbocycles. The van der Waals surface area contributed by atoms with E-state index in [4.69, 9.17) is 4.74 Å². The molecule has 0 radical (unpaired) electrons. The highest BCUT2D eigenvalue weighted by Gasteiger charge is 2.27. The zero-order valence-corrected chi connectivity index (χ0v) is 12.5. The van der Waals surface area contributed by atoms with Gasteiger partial charge in [0.1, 0.15) is 5.75 Å². The summed E-state index contributed by atoms with van der Waals surface area (Å²) in [5.41, 5.74) is 1.86. The van der Waals surface area contributed by atoms with E-state index in [1.54, 1.807) is 0 Å². The Kier molecular flexibility index (Phi) is 4.87. The van der Waals surface area contributed by atoms with Gasteiger partial charge in [-0.3, -0.25) is 0 Å².